The average Bonchev–Trinajstić information content (AvgIpc) is 3.17. The molecule has 0 aliphatic heterocycles. The lowest BCUT2D eigenvalue weighted by Crippen LogP contribution is -2.20. The van der Waals surface area contributed by atoms with E-state index >= 15 is 0 Å². The molecule has 29 heavy (non-hydrogen) atoms. The van der Waals surface area contributed by atoms with Crippen molar-refractivity contribution in [1.82, 2.24) is 4.57 Å². The second-order valence-electron chi connectivity index (χ2n) is 7.58. The molecule has 0 radical (unpaired) electrons. The second kappa shape index (κ2) is 8.46. The quantitative estimate of drug-likeness (QED) is 0.469. The SMILES string of the molecule is CC(CCc1ccccc1)C(O)c1cc2ccccc2n1C(=O)c1ccccc1. The van der Waals surface area contributed by atoms with Gasteiger partial charge in [0.15, 0.2) is 0 Å². The molecule has 0 bridgehead atoms. The van der Waals surface area contributed by atoms with Crippen molar-refractivity contribution in [3.8, 4) is 0 Å². The smallest absolute Gasteiger partial charge is 0.262 e. The summed E-state index contributed by atoms with van der Waals surface area (Å²) < 4.78 is 1.67. The normalized spacial score (nSPS) is 13.3. The number of nitrogens with zero attached hydrogens (tertiary/aromatic N) is 1. The zero-order valence-corrected chi connectivity index (χ0v) is 16.5. The molecule has 3 heteroatoms. The number of aromatic nitrogens is 1. The van der Waals surface area contributed by atoms with Crippen LogP contribution < -0.4 is 0 Å². The Balaban J connectivity index is 1.66. The van der Waals surface area contributed by atoms with Crippen molar-refractivity contribution >= 4 is 16.8 Å². The van der Waals surface area contributed by atoms with Crippen LogP contribution in [0.5, 0.6) is 0 Å². The van der Waals surface area contributed by atoms with Gasteiger partial charge in [0, 0.05) is 10.9 Å². The minimum Gasteiger partial charge on any atom is -0.387 e. The third-order valence-corrected chi connectivity index (χ3v) is 5.54. The van der Waals surface area contributed by atoms with Gasteiger partial charge in [-0.25, -0.2) is 0 Å². The van der Waals surface area contributed by atoms with Gasteiger partial charge in [-0.15, -0.1) is 0 Å². The average molecular weight is 383 g/mol. The molecular formula is C26H25NO2. The molecule has 1 N–H and O–H groups in total. The number of fused-ring (bicyclic) bond motifs is 1. The zero-order valence-electron chi connectivity index (χ0n) is 16.5. The van der Waals surface area contributed by atoms with Crippen LogP contribution in [0.3, 0.4) is 0 Å². The topological polar surface area (TPSA) is 42.2 Å². The maximum Gasteiger partial charge on any atom is 0.262 e. The number of aliphatic hydroxyl groups excluding tert-OH is 1. The summed E-state index contributed by atoms with van der Waals surface area (Å²) in [5.41, 5.74) is 3.35. The number of carbonyl (C=O) groups is 1. The van der Waals surface area contributed by atoms with Gasteiger partial charge in [-0.1, -0.05) is 73.7 Å². The summed E-state index contributed by atoms with van der Waals surface area (Å²) in [6.45, 7) is 2.04. The van der Waals surface area contributed by atoms with Crippen LogP contribution in [0.1, 0.15) is 41.1 Å². The molecule has 0 amide bonds. The Labute approximate surface area is 171 Å². The van der Waals surface area contributed by atoms with Gasteiger partial charge in [-0.05, 0) is 48.6 Å². The molecule has 3 nitrogen and oxygen atoms in total. The second-order valence-corrected chi connectivity index (χ2v) is 7.58. The van der Waals surface area contributed by atoms with Crippen LogP contribution in [-0.4, -0.2) is 15.6 Å². The summed E-state index contributed by atoms with van der Waals surface area (Å²) in [5, 5.41) is 12.1. The molecule has 0 saturated carbocycles. The molecule has 0 saturated heterocycles. The van der Waals surface area contributed by atoms with Crippen molar-refractivity contribution in [3.05, 3.63) is 108 Å². The first-order valence-electron chi connectivity index (χ1n) is 10.1. The fourth-order valence-corrected chi connectivity index (χ4v) is 3.82. The monoisotopic (exact) mass is 383 g/mol. The molecule has 2 atom stereocenters. The van der Waals surface area contributed by atoms with Crippen molar-refractivity contribution in [2.45, 2.75) is 25.9 Å². The minimum absolute atomic E-state index is 0.0156. The standard InChI is InChI=1S/C26H25NO2/c1-19(16-17-20-10-4-2-5-11-20)25(28)24-18-22-14-8-9-15-23(22)27(24)26(29)21-12-6-3-7-13-21/h2-15,18-19,25,28H,16-17H2,1H3. The lowest BCUT2D eigenvalue weighted by atomic mass is 9.94. The zero-order chi connectivity index (χ0) is 20.2. The van der Waals surface area contributed by atoms with E-state index < -0.39 is 6.10 Å². The molecular weight excluding hydrogens is 358 g/mol. The Morgan fingerprint density at radius 3 is 2.24 bits per heavy atom. The summed E-state index contributed by atoms with van der Waals surface area (Å²) in [7, 11) is 0. The predicted molar refractivity (Wildman–Crippen MR) is 117 cm³/mol. The highest BCUT2D eigenvalue weighted by Crippen LogP contribution is 2.31. The number of benzene rings is 3. The number of aryl methyl sites for hydroxylation is 1. The van der Waals surface area contributed by atoms with Crippen LogP contribution in [0.2, 0.25) is 0 Å². The molecule has 1 aromatic heterocycles. The van der Waals surface area contributed by atoms with Crippen LogP contribution in [0.4, 0.5) is 0 Å². The Kier molecular flexibility index (Phi) is 5.59. The van der Waals surface area contributed by atoms with E-state index in [2.05, 4.69) is 12.1 Å². The van der Waals surface area contributed by atoms with Crippen molar-refractivity contribution < 1.29 is 9.90 Å². The van der Waals surface area contributed by atoms with Gasteiger partial charge in [0.1, 0.15) is 0 Å². The minimum atomic E-state index is -0.723. The summed E-state index contributed by atoms with van der Waals surface area (Å²) in [4.78, 5) is 13.3. The van der Waals surface area contributed by atoms with Crippen LogP contribution in [0.15, 0.2) is 91.0 Å². The third kappa shape index (κ3) is 4.01. The van der Waals surface area contributed by atoms with E-state index in [0.29, 0.717) is 11.3 Å². The number of hydrogen-bond donors (Lipinski definition) is 1. The van der Waals surface area contributed by atoms with Crippen LogP contribution in [0.25, 0.3) is 10.9 Å². The summed E-state index contributed by atoms with van der Waals surface area (Å²) in [5.74, 6) is -0.0991. The molecule has 1 heterocycles. The molecule has 0 fully saturated rings. The van der Waals surface area contributed by atoms with E-state index in [9.17, 15) is 9.90 Å². The lowest BCUT2D eigenvalue weighted by Gasteiger charge is -2.21. The Bertz CT molecular complexity index is 1100. The molecule has 4 aromatic rings. The summed E-state index contributed by atoms with van der Waals surface area (Å²) in [6.07, 6.45) is 1.01. The Morgan fingerprint density at radius 1 is 0.897 bits per heavy atom. The van der Waals surface area contributed by atoms with Crippen molar-refractivity contribution in [3.63, 3.8) is 0 Å². The van der Waals surface area contributed by atoms with Gasteiger partial charge in [-0.2, -0.15) is 0 Å². The first-order valence-corrected chi connectivity index (χ1v) is 10.1. The van der Waals surface area contributed by atoms with Crippen molar-refractivity contribution in [1.29, 1.82) is 0 Å². The fraction of sp³-hybridized carbons (Fsp3) is 0.192. The first-order chi connectivity index (χ1) is 14.1. The van der Waals surface area contributed by atoms with E-state index in [4.69, 9.17) is 0 Å². The van der Waals surface area contributed by atoms with E-state index in [1.54, 1.807) is 4.57 Å². The number of rotatable bonds is 6. The highest BCUT2D eigenvalue weighted by atomic mass is 16.3. The van der Waals surface area contributed by atoms with Gasteiger partial charge < -0.3 is 5.11 Å². The van der Waals surface area contributed by atoms with Gasteiger partial charge in [0.05, 0.1) is 17.3 Å². The highest BCUT2D eigenvalue weighted by Gasteiger charge is 2.25. The molecule has 0 aliphatic carbocycles. The van der Waals surface area contributed by atoms with Crippen LogP contribution in [0, 0.1) is 5.92 Å². The van der Waals surface area contributed by atoms with Gasteiger partial charge in [-0.3, -0.25) is 9.36 Å². The largest absolute Gasteiger partial charge is 0.387 e. The molecule has 2 unspecified atom stereocenters. The summed E-state index contributed by atoms with van der Waals surface area (Å²) >= 11 is 0. The molecule has 4 rings (SSSR count). The predicted octanol–water partition coefficient (Wildman–Crippen LogP) is 5.63. The number of para-hydroxylation sites is 1. The maximum absolute atomic E-state index is 13.3. The van der Waals surface area contributed by atoms with Gasteiger partial charge >= 0.3 is 0 Å². The van der Waals surface area contributed by atoms with Crippen LogP contribution >= 0.6 is 0 Å². The van der Waals surface area contributed by atoms with E-state index in [0.717, 1.165) is 23.7 Å². The van der Waals surface area contributed by atoms with Crippen LogP contribution in [-0.2, 0) is 6.42 Å². The van der Waals surface area contributed by atoms with Gasteiger partial charge in [0.25, 0.3) is 5.91 Å². The number of aliphatic hydroxyl groups is 1. The van der Waals surface area contributed by atoms with Gasteiger partial charge in [0.2, 0.25) is 0 Å². The summed E-state index contributed by atoms with van der Waals surface area (Å²) in [6, 6.07) is 29.3. The fourth-order valence-electron chi connectivity index (χ4n) is 3.82. The molecule has 0 aliphatic rings. The third-order valence-electron chi connectivity index (χ3n) is 5.54. The number of carbonyl (C=O) groups excluding carboxylic acids is 1. The number of hydrogen-bond acceptors (Lipinski definition) is 2. The van der Waals surface area contributed by atoms with Crippen molar-refractivity contribution in [2.24, 2.45) is 5.92 Å². The van der Waals surface area contributed by atoms with E-state index in [1.807, 2.05) is 85.8 Å². The highest BCUT2D eigenvalue weighted by molar-refractivity contribution is 6.03. The lowest BCUT2D eigenvalue weighted by molar-refractivity contribution is 0.0880. The first kappa shape index (κ1) is 19.2. The van der Waals surface area contributed by atoms with E-state index in [-0.39, 0.29) is 11.8 Å². The Morgan fingerprint density at radius 2 is 1.52 bits per heavy atom. The molecule has 0 spiro atoms. The molecule has 3 aromatic carbocycles. The van der Waals surface area contributed by atoms with E-state index in [1.165, 1.54) is 5.56 Å². The van der Waals surface area contributed by atoms with Crippen molar-refractivity contribution in [2.75, 3.05) is 0 Å². The Hall–Kier alpha value is -3.17. The maximum atomic E-state index is 13.3. The molecule has 146 valence electrons.